The van der Waals surface area contributed by atoms with Crippen molar-refractivity contribution in [3.05, 3.63) is 12.2 Å². The minimum atomic E-state index is -0.766. The van der Waals surface area contributed by atoms with Gasteiger partial charge in [-0.1, -0.05) is 386 Å². The van der Waals surface area contributed by atoms with E-state index in [-0.39, 0.29) is 31.1 Å². The van der Waals surface area contributed by atoms with Crippen molar-refractivity contribution in [1.82, 2.24) is 0 Å². The standard InChI is InChI=1S/C76H146O6/c1-4-7-10-13-16-19-22-24-26-28-30-32-34-36-37-38-40-41-43-45-47-49-51-54-57-60-63-66-69-75(78)81-72-73(71-80-74(77)68-65-62-59-56-53-21-18-15-12-9-6-3)82-76(79)70-67-64-61-58-55-52-50-48-46-44-42-39-35-33-31-29-27-25-23-20-17-14-11-8-5-2/h29,31,73H,4-28,30,32-72H2,1-3H3/b31-29-. The Hall–Kier alpha value is -1.85. The number of allylic oxidation sites excluding steroid dienone is 2. The van der Waals surface area contributed by atoms with E-state index in [9.17, 15) is 14.4 Å². The molecular formula is C76H146O6. The summed E-state index contributed by atoms with van der Waals surface area (Å²) in [7, 11) is 0. The number of unbranched alkanes of at least 4 members (excludes halogenated alkanes) is 58. The van der Waals surface area contributed by atoms with Crippen LogP contribution in [0.25, 0.3) is 0 Å². The van der Waals surface area contributed by atoms with Crippen molar-refractivity contribution in [2.45, 2.75) is 444 Å². The van der Waals surface area contributed by atoms with E-state index in [0.29, 0.717) is 19.3 Å². The van der Waals surface area contributed by atoms with Crippen LogP contribution in [0.3, 0.4) is 0 Å². The molecule has 0 aliphatic rings. The molecule has 0 amide bonds. The Morgan fingerprint density at radius 2 is 0.402 bits per heavy atom. The molecule has 1 unspecified atom stereocenters. The lowest BCUT2D eigenvalue weighted by Gasteiger charge is -2.18. The van der Waals surface area contributed by atoms with Gasteiger partial charge in [0.15, 0.2) is 6.10 Å². The second-order valence-electron chi connectivity index (χ2n) is 25.9. The second-order valence-corrected chi connectivity index (χ2v) is 25.9. The number of hydrogen-bond acceptors (Lipinski definition) is 6. The first-order chi connectivity index (χ1) is 40.5. The van der Waals surface area contributed by atoms with E-state index in [1.165, 1.54) is 340 Å². The van der Waals surface area contributed by atoms with E-state index in [0.717, 1.165) is 57.8 Å². The summed E-state index contributed by atoms with van der Waals surface area (Å²) in [5.41, 5.74) is 0. The molecule has 0 rings (SSSR count). The van der Waals surface area contributed by atoms with E-state index in [2.05, 4.69) is 32.9 Å². The van der Waals surface area contributed by atoms with Gasteiger partial charge in [0.2, 0.25) is 0 Å². The van der Waals surface area contributed by atoms with E-state index < -0.39 is 6.10 Å². The molecule has 0 spiro atoms. The van der Waals surface area contributed by atoms with Crippen LogP contribution in [-0.4, -0.2) is 37.2 Å². The van der Waals surface area contributed by atoms with Crippen molar-refractivity contribution >= 4 is 17.9 Å². The Bertz CT molecular complexity index is 1280. The van der Waals surface area contributed by atoms with Crippen LogP contribution in [0, 0.1) is 0 Å². The number of carbonyl (C=O) groups is 3. The zero-order chi connectivity index (χ0) is 59.2. The molecule has 0 aromatic rings. The SMILES string of the molecule is CCCCCCCCCC/C=C\CCCCCCCCCCCCCCCC(=O)OC(COC(=O)CCCCCCCCCCCCC)COC(=O)CCCCCCCCCCCCCCCCCCCCCCCCCCCCCC. The van der Waals surface area contributed by atoms with Gasteiger partial charge in [-0.3, -0.25) is 14.4 Å². The van der Waals surface area contributed by atoms with Gasteiger partial charge in [-0.25, -0.2) is 0 Å². The first-order valence-electron chi connectivity index (χ1n) is 37.7. The molecule has 0 aliphatic heterocycles. The molecule has 0 aromatic carbocycles. The Kier molecular flexibility index (Phi) is 70.0. The molecular weight excluding hydrogens is 1010 g/mol. The lowest BCUT2D eigenvalue weighted by Crippen LogP contribution is -2.30. The minimum absolute atomic E-state index is 0.0626. The monoisotopic (exact) mass is 1160 g/mol. The van der Waals surface area contributed by atoms with Gasteiger partial charge in [-0.15, -0.1) is 0 Å². The zero-order valence-electron chi connectivity index (χ0n) is 56.1. The third-order valence-electron chi connectivity index (χ3n) is 17.5. The summed E-state index contributed by atoms with van der Waals surface area (Å²) in [6.07, 6.45) is 87.0. The number of rotatable bonds is 71. The molecule has 0 bridgehead atoms. The summed E-state index contributed by atoms with van der Waals surface area (Å²) >= 11 is 0. The fourth-order valence-electron chi connectivity index (χ4n) is 11.9. The average Bonchev–Trinajstić information content (AvgIpc) is 3.48. The van der Waals surface area contributed by atoms with Crippen LogP contribution >= 0.6 is 0 Å². The Labute approximate surface area is 513 Å². The Morgan fingerprint density at radius 1 is 0.232 bits per heavy atom. The average molecular weight is 1160 g/mol. The third kappa shape index (κ3) is 68.9. The minimum Gasteiger partial charge on any atom is -0.462 e. The van der Waals surface area contributed by atoms with Gasteiger partial charge in [0.1, 0.15) is 13.2 Å². The van der Waals surface area contributed by atoms with Gasteiger partial charge in [-0.2, -0.15) is 0 Å². The Balaban J connectivity index is 4.11. The predicted octanol–water partition coefficient (Wildman–Crippen LogP) is 26.0. The van der Waals surface area contributed by atoms with E-state index in [1.807, 2.05) is 0 Å². The molecule has 0 radical (unpaired) electrons. The highest BCUT2D eigenvalue weighted by Crippen LogP contribution is 2.20. The maximum Gasteiger partial charge on any atom is 0.306 e. The van der Waals surface area contributed by atoms with Gasteiger partial charge in [0.05, 0.1) is 0 Å². The van der Waals surface area contributed by atoms with Crippen LogP contribution in [0.1, 0.15) is 438 Å². The lowest BCUT2D eigenvalue weighted by molar-refractivity contribution is -0.167. The van der Waals surface area contributed by atoms with Crippen LogP contribution in [0.2, 0.25) is 0 Å². The molecule has 0 fully saturated rings. The molecule has 0 heterocycles. The summed E-state index contributed by atoms with van der Waals surface area (Å²) in [6.45, 7) is 6.73. The highest BCUT2D eigenvalue weighted by molar-refractivity contribution is 5.71. The number of carbonyl (C=O) groups excluding carboxylic acids is 3. The first kappa shape index (κ1) is 80.2. The molecule has 6 heteroatoms. The van der Waals surface area contributed by atoms with Crippen molar-refractivity contribution in [3.8, 4) is 0 Å². The second kappa shape index (κ2) is 71.6. The number of ether oxygens (including phenoxy) is 3. The van der Waals surface area contributed by atoms with Gasteiger partial charge >= 0.3 is 17.9 Å². The normalized spacial score (nSPS) is 12.0. The summed E-state index contributed by atoms with van der Waals surface area (Å²) in [5.74, 6) is -0.827. The zero-order valence-corrected chi connectivity index (χ0v) is 56.1. The quantitative estimate of drug-likeness (QED) is 0.0261. The molecule has 0 saturated heterocycles. The highest BCUT2D eigenvalue weighted by Gasteiger charge is 2.20. The van der Waals surface area contributed by atoms with Crippen molar-refractivity contribution in [1.29, 1.82) is 0 Å². The summed E-state index contributed by atoms with van der Waals surface area (Å²) in [6, 6.07) is 0. The molecule has 0 aliphatic carbocycles. The van der Waals surface area contributed by atoms with Crippen LogP contribution in [0.15, 0.2) is 12.2 Å². The number of hydrogen-bond donors (Lipinski definition) is 0. The van der Waals surface area contributed by atoms with Crippen LogP contribution in [0.5, 0.6) is 0 Å². The fraction of sp³-hybridized carbons (Fsp3) is 0.934. The maximum absolute atomic E-state index is 13.0. The van der Waals surface area contributed by atoms with E-state index >= 15 is 0 Å². The van der Waals surface area contributed by atoms with Gasteiger partial charge in [0.25, 0.3) is 0 Å². The van der Waals surface area contributed by atoms with Crippen LogP contribution in [0.4, 0.5) is 0 Å². The molecule has 486 valence electrons. The number of esters is 3. The maximum atomic E-state index is 13.0. The van der Waals surface area contributed by atoms with E-state index in [4.69, 9.17) is 14.2 Å². The van der Waals surface area contributed by atoms with Crippen molar-refractivity contribution in [2.24, 2.45) is 0 Å². The molecule has 82 heavy (non-hydrogen) atoms. The van der Waals surface area contributed by atoms with E-state index in [1.54, 1.807) is 0 Å². The molecule has 0 saturated carbocycles. The van der Waals surface area contributed by atoms with Crippen molar-refractivity contribution in [2.75, 3.05) is 13.2 Å². The fourth-order valence-corrected chi connectivity index (χ4v) is 11.9. The third-order valence-corrected chi connectivity index (χ3v) is 17.5. The van der Waals surface area contributed by atoms with Crippen molar-refractivity contribution < 1.29 is 28.6 Å². The summed E-state index contributed by atoms with van der Waals surface area (Å²) < 4.78 is 17.0. The smallest absolute Gasteiger partial charge is 0.306 e. The van der Waals surface area contributed by atoms with Gasteiger partial charge < -0.3 is 14.2 Å². The topological polar surface area (TPSA) is 78.9 Å². The summed E-state index contributed by atoms with van der Waals surface area (Å²) in [5, 5.41) is 0. The van der Waals surface area contributed by atoms with Crippen LogP contribution in [-0.2, 0) is 28.6 Å². The highest BCUT2D eigenvalue weighted by atomic mass is 16.6. The Morgan fingerprint density at radius 3 is 0.610 bits per heavy atom. The van der Waals surface area contributed by atoms with Crippen molar-refractivity contribution in [3.63, 3.8) is 0 Å². The molecule has 0 N–H and O–H groups in total. The first-order valence-corrected chi connectivity index (χ1v) is 37.7. The largest absolute Gasteiger partial charge is 0.462 e. The van der Waals surface area contributed by atoms with Gasteiger partial charge in [-0.05, 0) is 44.9 Å². The molecule has 0 aromatic heterocycles. The van der Waals surface area contributed by atoms with Gasteiger partial charge in [0, 0.05) is 19.3 Å². The molecule has 6 nitrogen and oxygen atoms in total. The lowest BCUT2D eigenvalue weighted by atomic mass is 10.0. The van der Waals surface area contributed by atoms with Crippen LogP contribution < -0.4 is 0 Å². The predicted molar refractivity (Wildman–Crippen MR) is 358 cm³/mol. The molecule has 1 atom stereocenters. The summed E-state index contributed by atoms with van der Waals surface area (Å²) in [4.78, 5) is 38.4.